The highest BCUT2D eigenvalue weighted by atomic mass is 32.1. The molecule has 6 heteroatoms. The van der Waals surface area contributed by atoms with Gasteiger partial charge in [0, 0.05) is 44.0 Å². The summed E-state index contributed by atoms with van der Waals surface area (Å²) in [5.74, 6) is 3.12. The van der Waals surface area contributed by atoms with Gasteiger partial charge in [-0.15, -0.1) is 11.3 Å². The van der Waals surface area contributed by atoms with Crippen LogP contribution >= 0.6 is 11.3 Å². The molecule has 4 aromatic rings. The molecule has 0 N–H and O–H groups in total. The van der Waals surface area contributed by atoms with Crippen molar-refractivity contribution >= 4 is 27.4 Å². The summed E-state index contributed by atoms with van der Waals surface area (Å²) >= 11 is 1.93. The largest absolute Gasteiger partial charge is 0.492 e. The summed E-state index contributed by atoms with van der Waals surface area (Å²) in [5, 5.41) is 1.35. The molecule has 1 aliphatic carbocycles. The van der Waals surface area contributed by atoms with Gasteiger partial charge < -0.3 is 9.64 Å². The van der Waals surface area contributed by atoms with Crippen LogP contribution in [0.25, 0.3) is 10.2 Å². The van der Waals surface area contributed by atoms with Gasteiger partial charge in [-0.05, 0) is 55.4 Å². The number of piperazine rings is 1. The predicted octanol–water partition coefficient (Wildman–Crippen LogP) is 5.95. The highest BCUT2D eigenvalue weighted by molar-refractivity contribution is 7.19. The van der Waals surface area contributed by atoms with E-state index in [1.165, 1.54) is 53.7 Å². The van der Waals surface area contributed by atoms with E-state index >= 15 is 0 Å². The van der Waals surface area contributed by atoms with Crippen molar-refractivity contribution in [3.8, 4) is 5.75 Å². The van der Waals surface area contributed by atoms with Gasteiger partial charge in [0.05, 0.1) is 5.39 Å². The molecule has 1 saturated heterocycles. The molecule has 0 unspecified atom stereocenters. The standard InChI is InChI=1S/C31H36N4OS/c1-4-10-24(11-5-1)16-17-28-32-30(29-26-14-8-3-9-15-27(26)37-31(29)33-28)35-20-18-34(19-21-35)22-23-36-25-12-6-2-7-13-25/h1-2,4-7,10-13H,3,8-9,14-23H2. The van der Waals surface area contributed by atoms with Gasteiger partial charge in [0.2, 0.25) is 0 Å². The zero-order valence-corrected chi connectivity index (χ0v) is 22.4. The van der Waals surface area contributed by atoms with Crippen LogP contribution in [0.5, 0.6) is 5.75 Å². The Balaban J connectivity index is 1.19. The number of fused-ring (bicyclic) bond motifs is 3. The smallest absolute Gasteiger partial charge is 0.141 e. The lowest BCUT2D eigenvalue weighted by molar-refractivity contribution is 0.200. The highest BCUT2D eigenvalue weighted by Crippen LogP contribution is 2.39. The summed E-state index contributed by atoms with van der Waals surface area (Å²) < 4.78 is 5.95. The van der Waals surface area contributed by atoms with Crippen molar-refractivity contribution in [2.24, 2.45) is 0 Å². The molecule has 0 atom stereocenters. The van der Waals surface area contributed by atoms with Crippen LogP contribution < -0.4 is 9.64 Å². The second-order valence-electron chi connectivity index (χ2n) is 10.2. The lowest BCUT2D eigenvalue weighted by atomic mass is 10.1. The van der Waals surface area contributed by atoms with Gasteiger partial charge in [-0.2, -0.15) is 0 Å². The summed E-state index contributed by atoms with van der Waals surface area (Å²) in [6.07, 6.45) is 8.14. The molecule has 3 heterocycles. The number of thiophene rings is 1. The minimum atomic E-state index is 0.726. The van der Waals surface area contributed by atoms with Gasteiger partial charge in [-0.3, -0.25) is 4.90 Å². The van der Waals surface area contributed by atoms with E-state index in [2.05, 4.69) is 40.1 Å². The molecule has 0 amide bonds. The maximum atomic E-state index is 5.95. The molecule has 5 nitrogen and oxygen atoms in total. The lowest BCUT2D eigenvalue weighted by Gasteiger charge is -2.35. The average Bonchev–Trinajstić information content (AvgIpc) is 3.13. The Kier molecular flexibility index (Phi) is 7.65. The number of rotatable bonds is 8. The first-order chi connectivity index (χ1) is 18.3. The summed E-state index contributed by atoms with van der Waals surface area (Å²) in [5.41, 5.74) is 2.89. The second kappa shape index (κ2) is 11.6. The van der Waals surface area contributed by atoms with Crippen molar-refractivity contribution in [2.75, 3.05) is 44.2 Å². The van der Waals surface area contributed by atoms with Crippen LogP contribution in [0.3, 0.4) is 0 Å². The second-order valence-corrected chi connectivity index (χ2v) is 11.3. The number of hydrogen-bond donors (Lipinski definition) is 0. The molecular weight excluding hydrogens is 476 g/mol. The van der Waals surface area contributed by atoms with Crippen molar-refractivity contribution in [1.82, 2.24) is 14.9 Å². The topological polar surface area (TPSA) is 41.5 Å². The quantitative estimate of drug-likeness (QED) is 0.273. The monoisotopic (exact) mass is 512 g/mol. The van der Waals surface area contributed by atoms with Gasteiger partial charge >= 0.3 is 0 Å². The van der Waals surface area contributed by atoms with E-state index in [9.17, 15) is 0 Å². The SMILES string of the molecule is c1ccc(CCc2nc(N3CCN(CCOc4ccccc4)CC3)c3c4c(sc3n2)CCCCC4)cc1. The Morgan fingerprint density at radius 1 is 0.784 bits per heavy atom. The van der Waals surface area contributed by atoms with Gasteiger partial charge in [0.25, 0.3) is 0 Å². The summed E-state index contributed by atoms with van der Waals surface area (Å²) in [4.78, 5) is 18.2. The summed E-state index contributed by atoms with van der Waals surface area (Å²) in [6.45, 7) is 5.76. The molecule has 192 valence electrons. The Morgan fingerprint density at radius 2 is 1.54 bits per heavy atom. The van der Waals surface area contributed by atoms with Crippen LogP contribution in [0.2, 0.25) is 0 Å². The van der Waals surface area contributed by atoms with E-state index in [0.717, 1.165) is 63.7 Å². The third kappa shape index (κ3) is 5.81. The number of aromatic nitrogens is 2. The number of anilines is 1. The van der Waals surface area contributed by atoms with Crippen molar-refractivity contribution in [3.63, 3.8) is 0 Å². The van der Waals surface area contributed by atoms with Gasteiger partial charge in [-0.1, -0.05) is 55.0 Å². The number of ether oxygens (including phenoxy) is 1. The van der Waals surface area contributed by atoms with Crippen LogP contribution in [0, 0.1) is 0 Å². The van der Waals surface area contributed by atoms with E-state index in [-0.39, 0.29) is 0 Å². The Bertz CT molecular complexity index is 1300. The minimum absolute atomic E-state index is 0.726. The van der Waals surface area contributed by atoms with Crippen LogP contribution in [-0.2, 0) is 25.7 Å². The Hall–Kier alpha value is -2.96. The van der Waals surface area contributed by atoms with E-state index in [0.29, 0.717) is 0 Å². The fraction of sp³-hybridized carbons (Fsp3) is 0.419. The molecule has 2 aliphatic rings. The van der Waals surface area contributed by atoms with Crippen molar-refractivity contribution in [1.29, 1.82) is 0 Å². The third-order valence-electron chi connectivity index (χ3n) is 7.66. The fourth-order valence-electron chi connectivity index (χ4n) is 5.59. The first-order valence-corrected chi connectivity index (χ1v) is 14.7. The Labute approximate surface area is 224 Å². The molecule has 6 rings (SSSR count). The maximum absolute atomic E-state index is 5.95. The van der Waals surface area contributed by atoms with Crippen LogP contribution in [-0.4, -0.2) is 54.2 Å². The van der Waals surface area contributed by atoms with E-state index < -0.39 is 0 Å². The van der Waals surface area contributed by atoms with Crippen molar-refractivity contribution in [3.05, 3.63) is 82.5 Å². The van der Waals surface area contributed by atoms with E-state index in [4.69, 9.17) is 14.7 Å². The molecule has 2 aromatic carbocycles. The van der Waals surface area contributed by atoms with Gasteiger partial charge in [0.15, 0.2) is 0 Å². The maximum Gasteiger partial charge on any atom is 0.141 e. The number of para-hydroxylation sites is 1. The van der Waals surface area contributed by atoms with Gasteiger partial charge in [0.1, 0.15) is 28.8 Å². The van der Waals surface area contributed by atoms with Crippen LogP contribution in [0.4, 0.5) is 5.82 Å². The number of benzene rings is 2. The number of nitrogens with zero attached hydrogens (tertiary/aromatic N) is 4. The third-order valence-corrected chi connectivity index (χ3v) is 8.85. The minimum Gasteiger partial charge on any atom is -0.492 e. The normalized spacial score (nSPS) is 16.5. The highest BCUT2D eigenvalue weighted by Gasteiger charge is 2.25. The fourth-order valence-corrected chi connectivity index (χ4v) is 6.87. The summed E-state index contributed by atoms with van der Waals surface area (Å²) in [6, 6.07) is 20.8. The molecular formula is C31H36N4OS. The summed E-state index contributed by atoms with van der Waals surface area (Å²) in [7, 11) is 0. The van der Waals surface area contributed by atoms with Crippen LogP contribution in [0.15, 0.2) is 60.7 Å². The molecule has 0 spiro atoms. The lowest BCUT2D eigenvalue weighted by Crippen LogP contribution is -2.48. The molecule has 0 saturated carbocycles. The van der Waals surface area contributed by atoms with Crippen molar-refractivity contribution in [2.45, 2.75) is 44.9 Å². The van der Waals surface area contributed by atoms with Gasteiger partial charge in [-0.25, -0.2) is 9.97 Å². The molecule has 0 bridgehead atoms. The van der Waals surface area contributed by atoms with E-state index in [1.54, 1.807) is 10.4 Å². The van der Waals surface area contributed by atoms with Crippen molar-refractivity contribution < 1.29 is 4.74 Å². The zero-order chi connectivity index (χ0) is 24.9. The Morgan fingerprint density at radius 3 is 2.35 bits per heavy atom. The first-order valence-electron chi connectivity index (χ1n) is 13.8. The molecule has 37 heavy (non-hydrogen) atoms. The number of aryl methyl sites for hydroxylation is 4. The first kappa shape index (κ1) is 24.4. The molecule has 0 radical (unpaired) electrons. The molecule has 1 fully saturated rings. The zero-order valence-electron chi connectivity index (χ0n) is 21.6. The molecule has 2 aromatic heterocycles. The van der Waals surface area contributed by atoms with E-state index in [1.807, 2.05) is 41.7 Å². The molecule has 1 aliphatic heterocycles. The number of hydrogen-bond acceptors (Lipinski definition) is 6. The van der Waals surface area contributed by atoms with Crippen LogP contribution in [0.1, 0.15) is 41.1 Å². The average molecular weight is 513 g/mol. The predicted molar refractivity (Wildman–Crippen MR) is 153 cm³/mol.